The molecule has 32 heavy (non-hydrogen) atoms. The van der Waals surface area contributed by atoms with E-state index in [2.05, 4.69) is 20.1 Å². The Labute approximate surface area is 192 Å². The van der Waals surface area contributed by atoms with Gasteiger partial charge in [-0.2, -0.15) is 0 Å². The highest BCUT2D eigenvalue weighted by Crippen LogP contribution is 2.37. The van der Waals surface area contributed by atoms with Crippen molar-refractivity contribution in [3.63, 3.8) is 0 Å². The van der Waals surface area contributed by atoms with E-state index < -0.39 is 11.9 Å². The van der Waals surface area contributed by atoms with Crippen molar-refractivity contribution in [1.82, 2.24) is 24.6 Å². The third kappa shape index (κ3) is 3.28. The summed E-state index contributed by atoms with van der Waals surface area (Å²) >= 11 is 12.9. The van der Waals surface area contributed by atoms with E-state index in [4.69, 9.17) is 27.9 Å². The Morgan fingerprint density at radius 2 is 2.03 bits per heavy atom. The molecule has 11 heteroatoms. The standard InChI is InChI=1S/C21H17Cl2FN6O2/c1-10-20-27-19(21(31)29-8-11(9-29)32-2)28-30(20)14-6-5-12(22)16(23)15(14)18(26-10)17-13(24)4-3-7-25-17/h3-7,10-11H,8-9H2,1-2H3/t10-/m0/s1. The van der Waals surface area contributed by atoms with Gasteiger partial charge in [0.05, 0.1) is 27.5 Å². The van der Waals surface area contributed by atoms with Crippen LogP contribution in [0.25, 0.3) is 5.69 Å². The van der Waals surface area contributed by atoms with Gasteiger partial charge in [-0.3, -0.25) is 14.8 Å². The fraction of sp³-hybridized carbons (Fsp3) is 0.286. The van der Waals surface area contributed by atoms with E-state index in [1.807, 2.05) is 0 Å². The van der Waals surface area contributed by atoms with Gasteiger partial charge >= 0.3 is 0 Å². The van der Waals surface area contributed by atoms with E-state index in [0.29, 0.717) is 30.2 Å². The van der Waals surface area contributed by atoms with Gasteiger partial charge in [0.1, 0.15) is 11.7 Å². The first-order valence-corrected chi connectivity index (χ1v) is 10.6. The molecule has 0 aliphatic carbocycles. The summed E-state index contributed by atoms with van der Waals surface area (Å²) < 4.78 is 21.4. The average molecular weight is 475 g/mol. The lowest BCUT2D eigenvalue weighted by Gasteiger charge is -2.37. The SMILES string of the molecule is COC1CN(C(=O)c2nc3n(n2)-c2ccc(Cl)c(Cl)c2C(c2ncccc2F)=N[C@H]3C)C1. The molecule has 3 aromatic rings. The topological polar surface area (TPSA) is 85.5 Å². The Morgan fingerprint density at radius 1 is 1.25 bits per heavy atom. The predicted molar refractivity (Wildman–Crippen MR) is 116 cm³/mol. The van der Waals surface area contributed by atoms with Crippen LogP contribution >= 0.6 is 23.2 Å². The highest BCUT2D eigenvalue weighted by atomic mass is 35.5. The van der Waals surface area contributed by atoms with Crippen LogP contribution in [-0.4, -0.2) is 62.6 Å². The van der Waals surface area contributed by atoms with E-state index in [1.165, 1.54) is 23.0 Å². The summed E-state index contributed by atoms with van der Waals surface area (Å²) in [6, 6.07) is 5.53. The zero-order valence-corrected chi connectivity index (χ0v) is 18.6. The van der Waals surface area contributed by atoms with Crippen LogP contribution in [-0.2, 0) is 4.74 Å². The molecule has 1 fully saturated rings. The lowest BCUT2D eigenvalue weighted by molar-refractivity contribution is -0.0197. The number of pyridine rings is 1. The fourth-order valence-electron chi connectivity index (χ4n) is 3.75. The third-order valence-electron chi connectivity index (χ3n) is 5.51. The summed E-state index contributed by atoms with van der Waals surface area (Å²) in [4.78, 5) is 27.8. The molecule has 8 nitrogen and oxygen atoms in total. The number of carbonyl (C=O) groups excluding carboxylic acids is 1. The number of ether oxygens (including phenoxy) is 1. The van der Waals surface area contributed by atoms with Gasteiger partial charge in [-0.15, -0.1) is 5.10 Å². The summed E-state index contributed by atoms with van der Waals surface area (Å²) in [6.07, 6.45) is 1.49. The van der Waals surface area contributed by atoms with Gasteiger partial charge in [0.2, 0.25) is 5.82 Å². The molecular formula is C21H17Cl2FN6O2. The number of hydrogen-bond acceptors (Lipinski definition) is 6. The predicted octanol–water partition coefficient (Wildman–Crippen LogP) is 3.49. The van der Waals surface area contributed by atoms with E-state index in [-0.39, 0.29) is 39.3 Å². The van der Waals surface area contributed by atoms with Gasteiger partial charge in [-0.05, 0) is 31.2 Å². The minimum Gasteiger partial charge on any atom is -0.378 e. The van der Waals surface area contributed by atoms with Crippen LogP contribution in [0.15, 0.2) is 35.5 Å². The number of carbonyl (C=O) groups is 1. The summed E-state index contributed by atoms with van der Waals surface area (Å²) in [5.41, 5.74) is 1.13. The van der Waals surface area contributed by atoms with Gasteiger partial charge in [-0.25, -0.2) is 14.1 Å². The van der Waals surface area contributed by atoms with Crippen molar-refractivity contribution >= 4 is 34.8 Å². The molecule has 164 valence electrons. The minimum absolute atomic E-state index is 0.0143. The second-order valence-corrected chi connectivity index (χ2v) is 8.30. The molecule has 2 aromatic heterocycles. The maximum absolute atomic E-state index is 14.7. The molecule has 1 saturated heterocycles. The van der Waals surface area contributed by atoms with Gasteiger partial charge in [-0.1, -0.05) is 23.2 Å². The number of nitrogens with zero attached hydrogens (tertiary/aromatic N) is 6. The second kappa shape index (κ2) is 7.91. The van der Waals surface area contributed by atoms with Crippen LogP contribution in [0, 0.1) is 5.82 Å². The van der Waals surface area contributed by atoms with E-state index in [9.17, 15) is 9.18 Å². The molecule has 1 amide bonds. The lowest BCUT2D eigenvalue weighted by atomic mass is 10.0. The molecule has 2 aliphatic heterocycles. The molecule has 1 aromatic carbocycles. The number of amides is 1. The van der Waals surface area contributed by atoms with Crippen molar-refractivity contribution in [1.29, 1.82) is 0 Å². The summed E-state index contributed by atoms with van der Waals surface area (Å²) in [7, 11) is 1.61. The molecule has 0 radical (unpaired) electrons. The average Bonchev–Trinajstić information content (AvgIpc) is 3.15. The van der Waals surface area contributed by atoms with Crippen molar-refractivity contribution in [2.45, 2.75) is 19.1 Å². The molecule has 0 bridgehead atoms. The maximum atomic E-state index is 14.7. The smallest absolute Gasteiger partial charge is 0.293 e. The van der Waals surface area contributed by atoms with Crippen molar-refractivity contribution < 1.29 is 13.9 Å². The molecule has 1 atom stereocenters. The normalized spacial score (nSPS) is 17.8. The van der Waals surface area contributed by atoms with Crippen LogP contribution in [0.1, 0.15) is 40.7 Å². The lowest BCUT2D eigenvalue weighted by Crippen LogP contribution is -2.54. The van der Waals surface area contributed by atoms with E-state index in [0.717, 1.165) is 0 Å². The van der Waals surface area contributed by atoms with E-state index >= 15 is 0 Å². The number of rotatable bonds is 3. The molecule has 0 spiro atoms. The molecular weight excluding hydrogens is 458 g/mol. The fourth-order valence-corrected chi connectivity index (χ4v) is 4.16. The van der Waals surface area contributed by atoms with Gasteiger partial charge in [0.25, 0.3) is 5.91 Å². The Bertz CT molecular complexity index is 1270. The number of benzene rings is 1. The highest BCUT2D eigenvalue weighted by molar-refractivity contribution is 6.45. The zero-order valence-electron chi connectivity index (χ0n) is 17.1. The quantitative estimate of drug-likeness (QED) is 0.579. The van der Waals surface area contributed by atoms with Gasteiger partial charge in [0, 0.05) is 32.0 Å². The molecule has 0 N–H and O–H groups in total. The Balaban J connectivity index is 1.66. The van der Waals surface area contributed by atoms with Crippen molar-refractivity contribution in [2.75, 3.05) is 20.2 Å². The highest BCUT2D eigenvalue weighted by Gasteiger charge is 2.36. The number of likely N-dealkylation sites (tertiary alicyclic amines) is 1. The van der Waals surface area contributed by atoms with Crippen LogP contribution in [0.4, 0.5) is 4.39 Å². The van der Waals surface area contributed by atoms with Gasteiger partial charge < -0.3 is 9.64 Å². The van der Waals surface area contributed by atoms with Crippen molar-refractivity contribution in [3.8, 4) is 5.69 Å². The largest absolute Gasteiger partial charge is 0.378 e. The van der Waals surface area contributed by atoms with E-state index in [1.54, 1.807) is 31.1 Å². The summed E-state index contributed by atoms with van der Waals surface area (Å²) in [5, 5.41) is 4.92. The molecule has 5 rings (SSSR count). The first-order chi connectivity index (χ1) is 15.4. The van der Waals surface area contributed by atoms with Crippen molar-refractivity contribution in [2.24, 2.45) is 4.99 Å². The number of aromatic nitrogens is 4. The number of methoxy groups -OCH3 is 1. The Kier molecular flexibility index (Phi) is 5.19. The Morgan fingerprint density at radius 3 is 2.75 bits per heavy atom. The van der Waals surface area contributed by atoms with Crippen LogP contribution in [0.2, 0.25) is 10.0 Å². The first-order valence-electron chi connectivity index (χ1n) is 9.85. The number of aliphatic imine (C=N–C) groups is 1. The van der Waals surface area contributed by atoms with Crippen molar-refractivity contribution in [3.05, 3.63) is 69.2 Å². The zero-order chi connectivity index (χ0) is 22.6. The maximum Gasteiger partial charge on any atom is 0.293 e. The minimum atomic E-state index is -0.564. The molecule has 0 saturated carbocycles. The number of hydrogen-bond donors (Lipinski definition) is 0. The Hall–Kier alpha value is -2.88. The first kappa shape index (κ1) is 21.0. The van der Waals surface area contributed by atoms with Crippen LogP contribution < -0.4 is 0 Å². The third-order valence-corrected chi connectivity index (χ3v) is 6.31. The molecule has 2 aliphatic rings. The van der Waals surface area contributed by atoms with Gasteiger partial charge in [0.15, 0.2) is 11.6 Å². The van der Waals surface area contributed by atoms with Crippen LogP contribution in [0.3, 0.4) is 0 Å². The second-order valence-electron chi connectivity index (χ2n) is 7.52. The molecule has 4 heterocycles. The monoisotopic (exact) mass is 474 g/mol. The summed E-state index contributed by atoms with van der Waals surface area (Å²) in [5.74, 6) is -0.383. The number of fused-ring (bicyclic) bond motifs is 3. The van der Waals surface area contributed by atoms with Crippen LogP contribution in [0.5, 0.6) is 0 Å². The summed E-state index contributed by atoms with van der Waals surface area (Å²) in [6.45, 7) is 2.74. The molecule has 0 unspecified atom stereocenters. The number of halogens is 3.